The highest BCUT2D eigenvalue weighted by Crippen LogP contribution is 2.17. The summed E-state index contributed by atoms with van der Waals surface area (Å²) in [6.07, 6.45) is 0.295. The molecule has 4 heteroatoms. The van der Waals surface area contributed by atoms with Crippen molar-refractivity contribution in [3.63, 3.8) is 0 Å². The van der Waals surface area contributed by atoms with E-state index in [1.807, 2.05) is 42.5 Å². The topological polar surface area (TPSA) is 55.4 Å². The molecule has 1 amide bonds. The standard InChI is InChI=1S/C20H17NO3/c1-24-20(23)16-8-10-18(11-9-16)21-19(22)13-14-6-7-15-4-2-3-5-17(15)12-14/h2-12H,13H2,1H3,(H,21,22). The summed E-state index contributed by atoms with van der Waals surface area (Å²) in [5.41, 5.74) is 2.05. The van der Waals surface area contributed by atoms with E-state index in [-0.39, 0.29) is 5.91 Å². The van der Waals surface area contributed by atoms with Crippen molar-refractivity contribution in [2.75, 3.05) is 12.4 Å². The van der Waals surface area contributed by atoms with Crippen molar-refractivity contribution >= 4 is 28.3 Å². The van der Waals surface area contributed by atoms with Gasteiger partial charge in [-0.15, -0.1) is 0 Å². The van der Waals surface area contributed by atoms with E-state index < -0.39 is 5.97 Å². The van der Waals surface area contributed by atoms with Gasteiger partial charge in [0, 0.05) is 5.69 Å². The third-order valence-electron chi connectivity index (χ3n) is 3.77. The highest BCUT2D eigenvalue weighted by molar-refractivity contribution is 5.94. The second kappa shape index (κ2) is 6.96. The third kappa shape index (κ3) is 3.60. The number of carbonyl (C=O) groups excluding carboxylic acids is 2. The number of carbonyl (C=O) groups is 2. The molecule has 0 bridgehead atoms. The Balaban J connectivity index is 1.67. The maximum absolute atomic E-state index is 12.2. The molecule has 3 rings (SSSR count). The molecule has 0 saturated carbocycles. The van der Waals surface area contributed by atoms with Gasteiger partial charge in [0.05, 0.1) is 19.1 Å². The van der Waals surface area contributed by atoms with Crippen molar-refractivity contribution in [2.45, 2.75) is 6.42 Å². The van der Waals surface area contributed by atoms with Crippen molar-refractivity contribution in [1.82, 2.24) is 0 Å². The minimum Gasteiger partial charge on any atom is -0.465 e. The predicted molar refractivity (Wildman–Crippen MR) is 94.1 cm³/mol. The van der Waals surface area contributed by atoms with E-state index in [1.165, 1.54) is 7.11 Å². The molecule has 120 valence electrons. The first-order valence-corrected chi connectivity index (χ1v) is 7.61. The van der Waals surface area contributed by atoms with Gasteiger partial charge in [0.15, 0.2) is 0 Å². The monoisotopic (exact) mass is 319 g/mol. The molecule has 0 unspecified atom stereocenters. The lowest BCUT2D eigenvalue weighted by Crippen LogP contribution is -2.14. The van der Waals surface area contributed by atoms with Crippen LogP contribution in [0.2, 0.25) is 0 Å². The summed E-state index contributed by atoms with van der Waals surface area (Å²) in [6, 6.07) is 20.7. The summed E-state index contributed by atoms with van der Waals surface area (Å²) in [5.74, 6) is -0.500. The zero-order valence-corrected chi connectivity index (χ0v) is 13.3. The van der Waals surface area contributed by atoms with Crippen LogP contribution < -0.4 is 5.32 Å². The number of benzene rings is 3. The molecule has 0 radical (unpaired) electrons. The fourth-order valence-corrected chi connectivity index (χ4v) is 2.55. The number of hydrogen-bond acceptors (Lipinski definition) is 3. The Morgan fingerprint density at radius 1 is 0.917 bits per heavy atom. The van der Waals surface area contributed by atoms with Crippen molar-refractivity contribution < 1.29 is 14.3 Å². The Kier molecular flexibility index (Phi) is 4.57. The summed E-state index contributed by atoms with van der Waals surface area (Å²) in [7, 11) is 1.33. The Hall–Kier alpha value is -3.14. The minimum absolute atomic E-state index is 0.101. The fraction of sp³-hybridized carbons (Fsp3) is 0.100. The van der Waals surface area contributed by atoms with E-state index in [9.17, 15) is 9.59 Å². The Labute approximate surface area is 140 Å². The van der Waals surface area contributed by atoms with Gasteiger partial charge in [0.1, 0.15) is 0 Å². The van der Waals surface area contributed by atoms with Crippen LogP contribution in [0.3, 0.4) is 0 Å². The van der Waals surface area contributed by atoms with Crippen LogP contribution in [0.5, 0.6) is 0 Å². The summed E-state index contributed by atoms with van der Waals surface area (Å²) >= 11 is 0. The third-order valence-corrected chi connectivity index (χ3v) is 3.77. The van der Waals surface area contributed by atoms with Gasteiger partial charge in [0.25, 0.3) is 0 Å². The maximum Gasteiger partial charge on any atom is 0.337 e. The van der Waals surface area contributed by atoms with Crippen LogP contribution in [-0.2, 0) is 16.0 Å². The Morgan fingerprint density at radius 3 is 2.33 bits per heavy atom. The molecule has 4 nitrogen and oxygen atoms in total. The van der Waals surface area contributed by atoms with Gasteiger partial charge in [-0.3, -0.25) is 4.79 Å². The van der Waals surface area contributed by atoms with Crippen LogP contribution >= 0.6 is 0 Å². The van der Waals surface area contributed by atoms with Gasteiger partial charge in [0.2, 0.25) is 5.91 Å². The average Bonchev–Trinajstić information content (AvgIpc) is 2.61. The normalized spacial score (nSPS) is 10.4. The lowest BCUT2D eigenvalue weighted by atomic mass is 10.0. The second-order valence-corrected chi connectivity index (χ2v) is 5.48. The molecule has 0 heterocycles. The lowest BCUT2D eigenvalue weighted by molar-refractivity contribution is -0.115. The van der Waals surface area contributed by atoms with E-state index in [4.69, 9.17) is 0 Å². The summed E-state index contributed by atoms with van der Waals surface area (Å²) in [4.78, 5) is 23.6. The van der Waals surface area contributed by atoms with Crippen molar-refractivity contribution in [3.8, 4) is 0 Å². The van der Waals surface area contributed by atoms with Crippen molar-refractivity contribution in [2.24, 2.45) is 0 Å². The first-order valence-electron chi connectivity index (χ1n) is 7.61. The fourth-order valence-electron chi connectivity index (χ4n) is 2.55. The van der Waals surface area contributed by atoms with Crippen LogP contribution in [0.4, 0.5) is 5.69 Å². The molecule has 3 aromatic carbocycles. The van der Waals surface area contributed by atoms with E-state index in [2.05, 4.69) is 10.1 Å². The van der Waals surface area contributed by atoms with Crippen molar-refractivity contribution in [3.05, 3.63) is 77.9 Å². The number of hydrogen-bond donors (Lipinski definition) is 1. The van der Waals surface area contributed by atoms with E-state index in [0.717, 1.165) is 16.3 Å². The van der Waals surface area contributed by atoms with Gasteiger partial charge in [-0.1, -0.05) is 42.5 Å². The van der Waals surface area contributed by atoms with Crippen LogP contribution in [0.25, 0.3) is 10.8 Å². The summed E-state index contributed by atoms with van der Waals surface area (Å²) < 4.78 is 4.65. The zero-order valence-electron chi connectivity index (χ0n) is 13.3. The van der Waals surface area contributed by atoms with E-state index in [0.29, 0.717) is 17.7 Å². The average molecular weight is 319 g/mol. The predicted octanol–water partition coefficient (Wildman–Crippen LogP) is 3.81. The van der Waals surface area contributed by atoms with E-state index >= 15 is 0 Å². The van der Waals surface area contributed by atoms with Crippen LogP contribution in [-0.4, -0.2) is 19.0 Å². The van der Waals surface area contributed by atoms with Gasteiger partial charge in [-0.05, 0) is 40.6 Å². The van der Waals surface area contributed by atoms with Crippen molar-refractivity contribution in [1.29, 1.82) is 0 Å². The molecular formula is C20H17NO3. The molecule has 0 aliphatic rings. The van der Waals surface area contributed by atoms with E-state index in [1.54, 1.807) is 24.3 Å². The lowest BCUT2D eigenvalue weighted by Gasteiger charge is -2.07. The highest BCUT2D eigenvalue weighted by Gasteiger charge is 2.07. The van der Waals surface area contributed by atoms with Gasteiger partial charge < -0.3 is 10.1 Å². The number of rotatable bonds is 4. The number of nitrogens with one attached hydrogen (secondary N) is 1. The van der Waals surface area contributed by atoms with Gasteiger partial charge >= 0.3 is 5.97 Å². The number of methoxy groups -OCH3 is 1. The first-order chi connectivity index (χ1) is 11.7. The van der Waals surface area contributed by atoms with Gasteiger partial charge in [-0.25, -0.2) is 4.79 Å². The molecule has 1 N–H and O–H groups in total. The minimum atomic E-state index is -0.399. The zero-order chi connectivity index (χ0) is 16.9. The number of ether oxygens (including phenoxy) is 1. The highest BCUT2D eigenvalue weighted by atomic mass is 16.5. The second-order valence-electron chi connectivity index (χ2n) is 5.48. The quantitative estimate of drug-likeness (QED) is 0.744. The molecular weight excluding hydrogens is 302 g/mol. The van der Waals surface area contributed by atoms with Crippen LogP contribution in [0.1, 0.15) is 15.9 Å². The molecule has 0 aromatic heterocycles. The van der Waals surface area contributed by atoms with Crippen LogP contribution in [0, 0.1) is 0 Å². The Bertz CT molecular complexity index is 885. The maximum atomic E-state index is 12.2. The molecule has 0 aliphatic carbocycles. The largest absolute Gasteiger partial charge is 0.465 e. The number of fused-ring (bicyclic) bond motifs is 1. The summed E-state index contributed by atoms with van der Waals surface area (Å²) in [6.45, 7) is 0. The molecule has 0 aliphatic heterocycles. The molecule has 0 atom stereocenters. The summed E-state index contributed by atoms with van der Waals surface area (Å²) in [5, 5.41) is 5.10. The molecule has 0 saturated heterocycles. The molecule has 0 fully saturated rings. The molecule has 0 spiro atoms. The SMILES string of the molecule is COC(=O)c1ccc(NC(=O)Cc2ccc3ccccc3c2)cc1. The number of anilines is 1. The molecule has 3 aromatic rings. The number of amides is 1. The smallest absolute Gasteiger partial charge is 0.337 e. The van der Waals surface area contributed by atoms with Gasteiger partial charge in [-0.2, -0.15) is 0 Å². The molecule has 24 heavy (non-hydrogen) atoms. The number of esters is 1. The van der Waals surface area contributed by atoms with Crippen LogP contribution in [0.15, 0.2) is 66.7 Å². The first kappa shape index (κ1) is 15.7. The Morgan fingerprint density at radius 2 is 1.62 bits per heavy atom.